The van der Waals surface area contributed by atoms with E-state index in [2.05, 4.69) is 100.0 Å². The Morgan fingerprint density at radius 2 is 1.28 bits per heavy atom. The maximum atomic E-state index is 11.8. The number of aryl methyl sites for hydroxylation is 1. The molecule has 2 heterocycles. The molecule has 272 valence electrons. The van der Waals surface area contributed by atoms with Crippen molar-refractivity contribution in [3.63, 3.8) is 0 Å². The van der Waals surface area contributed by atoms with Crippen LogP contribution in [0.5, 0.6) is 0 Å². The molecule has 0 spiro atoms. The van der Waals surface area contributed by atoms with E-state index in [0.29, 0.717) is 23.8 Å². The number of aromatic nitrogens is 6. The van der Waals surface area contributed by atoms with Gasteiger partial charge in [-0.2, -0.15) is 0 Å². The van der Waals surface area contributed by atoms with Gasteiger partial charge in [-0.05, 0) is 50.2 Å². The van der Waals surface area contributed by atoms with Crippen LogP contribution < -0.4 is 10.0 Å². The van der Waals surface area contributed by atoms with Crippen LogP contribution in [0.1, 0.15) is 53.4 Å². The van der Waals surface area contributed by atoms with Crippen LogP contribution in [0.4, 0.5) is 5.82 Å². The molecule has 10 nitrogen and oxygen atoms in total. The van der Waals surface area contributed by atoms with Crippen LogP contribution in [0.15, 0.2) is 146 Å². The molecule has 0 radical (unpaired) electrons. The van der Waals surface area contributed by atoms with Crippen molar-refractivity contribution in [2.75, 3.05) is 11.6 Å². The number of rotatable bonds is 15. The number of anilines is 1. The lowest BCUT2D eigenvalue weighted by Gasteiger charge is -2.36. The molecule has 0 aliphatic heterocycles. The molecule has 0 amide bonds. The van der Waals surface area contributed by atoms with E-state index in [1.807, 2.05) is 71.4 Å². The van der Waals surface area contributed by atoms with E-state index in [4.69, 9.17) is 15.3 Å². The number of nitrogens with zero attached hydrogens (tertiary/aromatic N) is 6. The lowest BCUT2D eigenvalue weighted by Crippen LogP contribution is -2.39. The monoisotopic (exact) mass is 734 g/mol. The van der Waals surface area contributed by atoms with Gasteiger partial charge in [0.25, 0.3) is 0 Å². The van der Waals surface area contributed by atoms with Crippen LogP contribution in [-0.2, 0) is 35.1 Å². The van der Waals surface area contributed by atoms with Crippen molar-refractivity contribution in [2.45, 2.75) is 44.8 Å². The van der Waals surface area contributed by atoms with Gasteiger partial charge in [0.2, 0.25) is 10.0 Å². The third kappa shape index (κ3) is 7.83. The molecule has 0 atom stereocenters. The van der Waals surface area contributed by atoms with Crippen molar-refractivity contribution in [1.29, 1.82) is 0 Å². The van der Waals surface area contributed by atoms with E-state index in [0.717, 1.165) is 70.3 Å². The molecule has 2 aromatic heterocycles. The summed E-state index contributed by atoms with van der Waals surface area (Å²) in [4.78, 5) is 9.22. The van der Waals surface area contributed by atoms with E-state index in [9.17, 15) is 8.42 Å². The first-order valence-corrected chi connectivity index (χ1v) is 19.9. The van der Waals surface area contributed by atoms with Crippen LogP contribution in [0.25, 0.3) is 22.5 Å². The smallest absolute Gasteiger partial charge is 0.209 e. The van der Waals surface area contributed by atoms with E-state index < -0.39 is 15.6 Å². The molecule has 0 aliphatic rings. The second-order valence-electron chi connectivity index (χ2n) is 13.2. The van der Waals surface area contributed by atoms with Gasteiger partial charge in [0.05, 0.1) is 6.26 Å². The van der Waals surface area contributed by atoms with E-state index in [1.54, 1.807) is 6.20 Å². The highest BCUT2D eigenvalue weighted by molar-refractivity contribution is 7.88. The molecular formula is C43H42N8O2S. The predicted octanol–water partition coefficient (Wildman–Crippen LogP) is 7.64. The van der Waals surface area contributed by atoms with Crippen LogP contribution in [0.2, 0.25) is 0 Å². The summed E-state index contributed by atoms with van der Waals surface area (Å²) >= 11 is 0. The van der Waals surface area contributed by atoms with Gasteiger partial charge < -0.3 is 5.32 Å². The number of nitrogens with one attached hydrogen (secondary N) is 2. The minimum Gasteiger partial charge on any atom is -0.366 e. The van der Waals surface area contributed by atoms with Crippen molar-refractivity contribution >= 4 is 15.8 Å². The van der Waals surface area contributed by atoms with E-state index in [-0.39, 0.29) is 6.54 Å². The topological polar surface area (TPSA) is 128 Å². The molecule has 7 rings (SSSR count). The summed E-state index contributed by atoms with van der Waals surface area (Å²) < 4.78 is 28.2. The van der Waals surface area contributed by atoms with Gasteiger partial charge in [0, 0.05) is 36.8 Å². The maximum Gasteiger partial charge on any atom is 0.209 e. The zero-order valence-electron chi connectivity index (χ0n) is 30.3. The molecule has 5 aromatic carbocycles. The molecular weight excluding hydrogens is 693 g/mol. The Hall–Kier alpha value is -6.04. The third-order valence-electron chi connectivity index (χ3n) is 9.45. The number of unbranched alkanes of at least 4 members (excludes halogenated alkanes) is 1. The highest BCUT2D eigenvalue weighted by atomic mass is 32.2. The Balaban J connectivity index is 1.24. The van der Waals surface area contributed by atoms with Crippen molar-refractivity contribution in [2.24, 2.45) is 0 Å². The first kappa shape index (κ1) is 36.3. The number of benzene rings is 5. The highest BCUT2D eigenvalue weighted by Crippen LogP contribution is 2.43. The van der Waals surface area contributed by atoms with Crippen LogP contribution >= 0.6 is 0 Å². The summed E-state index contributed by atoms with van der Waals surface area (Å²) in [6.07, 6.45) is 5.60. The average Bonchev–Trinajstić information content (AvgIpc) is 3.70. The van der Waals surface area contributed by atoms with Gasteiger partial charge in [-0.1, -0.05) is 153 Å². The van der Waals surface area contributed by atoms with Crippen LogP contribution in [-0.4, -0.2) is 44.8 Å². The summed E-state index contributed by atoms with van der Waals surface area (Å²) in [7, 11) is -3.38. The lowest BCUT2D eigenvalue weighted by atomic mass is 9.77. The number of tetrazole rings is 1. The van der Waals surface area contributed by atoms with Crippen molar-refractivity contribution in [3.8, 4) is 22.5 Å². The van der Waals surface area contributed by atoms with Crippen LogP contribution in [0.3, 0.4) is 0 Å². The summed E-state index contributed by atoms with van der Waals surface area (Å²) in [6, 6.07) is 47.7. The largest absolute Gasteiger partial charge is 0.366 e. The average molecular weight is 735 g/mol. The number of hydrogen-bond donors (Lipinski definition) is 2. The predicted molar refractivity (Wildman–Crippen MR) is 213 cm³/mol. The van der Waals surface area contributed by atoms with Gasteiger partial charge in [-0.15, -0.1) is 5.10 Å². The molecule has 2 N–H and O–H groups in total. The number of hydrogen-bond acceptors (Lipinski definition) is 8. The van der Waals surface area contributed by atoms with Gasteiger partial charge in [0.15, 0.2) is 5.82 Å². The van der Waals surface area contributed by atoms with Crippen molar-refractivity contribution < 1.29 is 8.42 Å². The van der Waals surface area contributed by atoms with Gasteiger partial charge in [-0.3, -0.25) is 0 Å². The standard InChI is InChI=1S/C43H42N8O2S/c1-3-4-24-40-44-30-34(31-46-54(2,52)53)41(47-40)45-29-32-25-27-33(28-26-32)38-22-14-15-23-39(38)42-48-49-50-51(42)43(35-16-8-5-9-17-35,36-18-10-6-11-19-36)37-20-12-7-13-21-37/h5-23,25-28,30,46H,3-4,24,29,31H2,1-2H3,(H,44,45,47). The molecule has 0 saturated carbocycles. The first-order chi connectivity index (χ1) is 26.4. The molecule has 0 fully saturated rings. The third-order valence-corrected chi connectivity index (χ3v) is 10.1. The Morgan fingerprint density at radius 1 is 0.704 bits per heavy atom. The number of sulfonamides is 1. The second kappa shape index (κ2) is 16.3. The van der Waals surface area contributed by atoms with Crippen LogP contribution in [0, 0.1) is 0 Å². The van der Waals surface area contributed by atoms with Crippen molar-refractivity contribution in [3.05, 3.63) is 179 Å². The first-order valence-electron chi connectivity index (χ1n) is 18.0. The molecule has 11 heteroatoms. The minimum absolute atomic E-state index is 0.102. The second-order valence-corrected chi connectivity index (χ2v) is 15.0. The summed E-state index contributed by atoms with van der Waals surface area (Å²) in [5, 5.41) is 17.2. The minimum atomic E-state index is -3.38. The van der Waals surface area contributed by atoms with Gasteiger partial charge in [0.1, 0.15) is 17.2 Å². The quantitative estimate of drug-likeness (QED) is 0.103. The highest BCUT2D eigenvalue weighted by Gasteiger charge is 2.42. The van der Waals surface area contributed by atoms with E-state index >= 15 is 0 Å². The molecule has 7 aromatic rings. The molecule has 0 saturated heterocycles. The Morgan fingerprint density at radius 3 is 1.85 bits per heavy atom. The molecule has 0 bridgehead atoms. The molecule has 54 heavy (non-hydrogen) atoms. The lowest BCUT2D eigenvalue weighted by molar-refractivity contribution is 0.451. The molecule has 0 unspecified atom stereocenters. The Kier molecular flexibility index (Phi) is 11.0. The zero-order chi connectivity index (χ0) is 37.4. The summed E-state index contributed by atoms with van der Waals surface area (Å²) in [5.41, 5.74) is 6.82. The SMILES string of the molecule is CCCCc1ncc(CNS(C)(=O)=O)c(NCc2ccc(-c3ccccc3-c3nnnn3C(c3ccccc3)(c3ccccc3)c3ccccc3)cc2)n1. The summed E-state index contributed by atoms with van der Waals surface area (Å²) in [6.45, 7) is 2.72. The zero-order valence-corrected chi connectivity index (χ0v) is 31.1. The normalized spacial score (nSPS) is 11.7. The van der Waals surface area contributed by atoms with Gasteiger partial charge in [-0.25, -0.2) is 27.8 Å². The fourth-order valence-electron chi connectivity index (χ4n) is 6.79. The Bertz CT molecular complexity index is 2310. The maximum absolute atomic E-state index is 11.8. The fourth-order valence-corrected chi connectivity index (χ4v) is 7.21. The fraction of sp³-hybridized carbons (Fsp3) is 0.186. The van der Waals surface area contributed by atoms with E-state index in [1.165, 1.54) is 0 Å². The Labute approximate surface area is 316 Å². The molecule has 0 aliphatic carbocycles. The summed E-state index contributed by atoms with van der Waals surface area (Å²) in [5.74, 6) is 1.98. The van der Waals surface area contributed by atoms with Gasteiger partial charge >= 0.3 is 0 Å². The van der Waals surface area contributed by atoms with Crippen molar-refractivity contribution in [1.82, 2.24) is 34.9 Å².